The number of hydrogen-bond donors (Lipinski definition) is 3. The molecule has 1 aliphatic heterocycles. The monoisotopic (exact) mass is 386 g/mol. The van der Waals surface area contributed by atoms with Crippen LogP contribution in [0.1, 0.15) is 16.8 Å². The van der Waals surface area contributed by atoms with E-state index in [2.05, 4.69) is 16.0 Å². The smallest absolute Gasteiger partial charge is 0.269 e. The largest absolute Gasteiger partial charge is 0.383 e. The van der Waals surface area contributed by atoms with Crippen LogP contribution in [0.2, 0.25) is 0 Å². The molecule has 3 N–H and O–H groups in total. The SMILES string of the molecule is O=C1CCSc2ccc(C(=O)NCCNc3ccc([N+](=O)[O-])cc3)cc2N1. The Morgan fingerprint density at radius 3 is 2.70 bits per heavy atom. The van der Waals surface area contributed by atoms with Crippen LogP contribution in [0.4, 0.5) is 17.1 Å². The van der Waals surface area contributed by atoms with Gasteiger partial charge in [-0.1, -0.05) is 0 Å². The molecule has 0 unspecified atom stereocenters. The van der Waals surface area contributed by atoms with Crippen molar-refractivity contribution < 1.29 is 14.5 Å². The van der Waals surface area contributed by atoms with E-state index in [1.54, 1.807) is 36.0 Å². The number of hydrogen-bond acceptors (Lipinski definition) is 6. The van der Waals surface area contributed by atoms with E-state index in [0.29, 0.717) is 30.8 Å². The number of anilines is 2. The number of carbonyl (C=O) groups is 2. The fourth-order valence-corrected chi connectivity index (χ4v) is 3.48. The second kappa shape index (κ2) is 8.54. The van der Waals surface area contributed by atoms with E-state index in [9.17, 15) is 19.7 Å². The minimum Gasteiger partial charge on any atom is -0.383 e. The molecule has 8 nitrogen and oxygen atoms in total. The number of carbonyl (C=O) groups excluding carboxylic acids is 2. The molecule has 0 aromatic heterocycles. The lowest BCUT2D eigenvalue weighted by atomic mass is 10.2. The molecule has 0 saturated heterocycles. The molecule has 9 heteroatoms. The summed E-state index contributed by atoms with van der Waals surface area (Å²) in [5.41, 5.74) is 1.91. The molecule has 0 saturated carbocycles. The Kier molecular flexibility index (Phi) is 5.92. The Balaban J connectivity index is 1.51. The minimum absolute atomic E-state index is 0.0299. The Hall–Kier alpha value is -3.07. The van der Waals surface area contributed by atoms with Crippen molar-refractivity contribution in [2.24, 2.45) is 0 Å². The van der Waals surface area contributed by atoms with E-state index >= 15 is 0 Å². The fourth-order valence-electron chi connectivity index (χ4n) is 2.55. The predicted octanol–water partition coefficient (Wildman–Crippen LogP) is 2.87. The van der Waals surface area contributed by atoms with Gasteiger partial charge < -0.3 is 16.0 Å². The topological polar surface area (TPSA) is 113 Å². The number of amides is 2. The summed E-state index contributed by atoms with van der Waals surface area (Å²) in [6.07, 6.45) is 0.454. The Morgan fingerprint density at radius 1 is 1.19 bits per heavy atom. The summed E-state index contributed by atoms with van der Waals surface area (Å²) in [7, 11) is 0. The first-order valence-corrected chi connectivity index (χ1v) is 9.35. The molecule has 140 valence electrons. The lowest BCUT2D eigenvalue weighted by molar-refractivity contribution is -0.384. The Labute approximate surface area is 159 Å². The normalized spacial score (nSPS) is 13.1. The number of fused-ring (bicyclic) bond motifs is 1. The van der Waals surface area contributed by atoms with Gasteiger partial charge in [0, 0.05) is 53.5 Å². The summed E-state index contributed by atoms with van der Waals surface area (Å²) < 4.78 is 0. The van der Waals surface area contributed by atoms with Gasteiger partial charge in [-0.25, -0.2) is 0 Å². The molecule has 0 bridgehead atoms. The lowest BCUT2D eigenvalue weighted by Gasteiger charge is -2.10. The highest BCUT2D eigenvalue weighted by Gasteiger charge is 2.15. The van der Waals surface area contributed by atoms with Crippen molar-refractivity contribution in [2.75, 3.05) is 29.5 Å². The third-order valence-electron chi connectivity index (χ3n) is 3.92. The van der Waals surface area contributed by atoms with E-state index in [0.717, 1.165) is 16.3 Å². The molecule has 2 amide bonds. The minimum atomic E-state index is -0.453. The number of rotatable bonds is 6. The van der Waals surface area contributed by atoms with E-state index in [1.807, 2.05) is 6.07 Å². The second-order valence-corrected chi connectivity index (χ2v) is 6.98. The number of nitrogens with one attached hydrogen (secondary N) is 3. The van der Waals surface area contributed by atoms with Gasteiger partial charge in [-0.2, -0.15) is 0 Å². The van der Waals surface area contributed by atoms with Gasteiger partial charge in [0.05, 0.1) is 10.6 Å². The number of non-ortho nitro benzene ring substituents is 1. The average Bonchev–Trinajstić information content (AvgIpc) is 2.85. The fraction of sp³-hybridized carbons (Fsp3) is 0.222. The predicted molar refractivity (Wildman–Crippen MR) is 104 cm³/mol. The summed E-state index contributed by atoms with van der Waals surface area (Å²) in [4.78, 5) is 35.1. The van der Waals surface area contributed by atoms with Gasteiger partial charge in [-0.3, -0.25) is 19.7 Å². The molecule has 2 aromatic rings. The molecule has 0 spiro atoms. The summed E-state index contributed by atoms with van der Waals surface area (Å²) in [6.45, 7) is 0.856. The molecule has 0 aliphatic carbocycles. The summed E-state index contributed by atoms with van der Waals surface area (Å²) in [6, 6.07) is 11.3. The molecular weight excluding hydrogens is 368 g/mol. The van der Waals surface area contributed by atoms with Crippen molar-refractivity contribution in [3.05, 3.63) is 58.1 Å². The van der Waals surface area contributed by atoms with Crippen LogP contribution in [-0.2, 0) is 4.79 Å². The van der Waals surface area contributed by atoms with Crippen LogP contribution >= 0.6 is 11.8 Å². The highest BCUT2D eigenvalue weighted by atomic mass is 32.2. The molecule has 3 rings (SSSR count). The van der Waals surface area contributed by atoms with Gasteiger partial charge >= 0.3 is 0 Å². The third-order valence-corrected chi connectivity index (χ3v) is 5.00. The van der Waals surface area contributed by atoms with Crippen LogP contribution in [0.15, 0.2) is 47.4 Å². The highest BCUT2D eigenvalue weighted by molar-refractivity contribution is 7.99. The first-order chi connectivity index (χ1) is 13.0. The van der Waals surface area contributed by atoms with Crippen molar-refractivity contribution in [3.63, 3.8) is 0 Å². The maximum atomic E-state index is 12.3. The number of nitro benzene ring substituents is 1. The van der Waals surface area contributed by atoms with Crippen LogP contribution in [0, 0.1) is 10.1 Å². The maximum Gasteiger partial charge on any atom is 0.269 e. The van der Waals surface area contributed by atoms with Crippen LogP contribution in [-0.4, -0.2) is 35.6 Å². The molecular formula is C18H18N4O4S. The zero-order chi connectivity index (χ0) is 19.2. The average molecular weight is 386 g/mol. The zero-order valence-corrected chi connectivity index (χ0v) is 15.2. The molecule has 1 heterocycles. The van der Waals surface area contributed by atoms with Gasteiger partial charge in [0.1, 0.15) is 0 Å². The van der Waals surface area contributed by atoms with Crippen LogP contribution in [0.3, 0.4) is 0 Å². The Morgan fingerprint density at radius 2 is 1.96 bits per heavy atom. The van der Waals surface area contributed by atoms with Crippen LogP contribution < -0.4 is 16.0 Å². The molecule has 1 aliphatic rings. The number of benzene rings is 2. The highest BCUT2D eigenvalue weighted by Crippen LogP contribution is 2.31. The number of nitrogens with zero attached hydrogens (tertiary/aromatic N) is 1. The summed E-state index contributed by atoms with van der Waals surface area (Å²) >= 11 is 1.59. The lowest BCUT2D eigenvalue weighted by Crippen LogP contribution is -2.28. The Bertz CT molecular complexity index is 870. The van der Waals surface area contributed by atoms with E-state index in [1.165, 1.54) is 12.1 Å². The summed E-state index contributed by atoms with van der Waals surface area (Å²) in [5.74, 6) is 0.441. The first kappa shape index (κ1) is 18.7. The van der Waals surface area contributed by atoms with Crippen LogP contribution in [0.25, 0.3) is 0 Å². The summed E-state index contributed by atoms with van der Waals surface area (Å²) in [5, 5.41) is 19.3. The van der Waals surface area contributed by atoms with Crippen LogP contribution in [0.5, 0.6) is 0 Å². The molecule has 0 atom stereocenters. The molecule has 0 fully saturated rings. The maximum absolute atomic E-state index is 12.3. The van der Waals surface area contributed by atoms with Crippen molar-refractivity contribution in [1.29, 1.82) is 0 Å². The van der Waals surface area contributed by atoms with E-state index in [-0.39, 0.29) is 17.5 Å². The second-order valence-electron chi connectivity index (χ2n) is 5.84. The molecule has 27 heavy (non-hydrogen) atoms. The van der Waals surface area contributed by atoms with Gasteiger partial charge in [0.15, 0.2) is 0 Å². The quantitative estimate of drug-likeness (QED) is 0.400. The zero-order valence-electron chi connectivity index (χ0n) is 14.4. The standard InChI is InChI=1S/C18H18N4O4S/c23-17-7-10-27-16-6-1-12(11-15(16)21-17)18(24)20-9-8-19-13-2-4-14(5-3-13)22(25)26/h1-6,11,19H,7-10H2,(H,20,24)(H,21,23). The number of nitro groups is 1. The van der Waals surface area contributed by atoms with Crippen molar-refractivity contribution in [2.45, 2.75) is 11.3 Å². The van der Waals surface area contributed by atoms with Crippen molar-refractivity contribution in [1.82, 2.24) is 5.32 Å². The van der Waals surface area contributed by atoms with Crippen molar-refractivity contribution >= 4 is 40.6 Å². The van der Waals surface area contributed by atoms with Crippen molar-refractivity contribution in [3.8, 4) is 0 Å². The molecule has 0 radical (unpaired) electrons. The molecule has 2 aromatic carbocycles. The number of thioether (sulfide) groups is 1. The van der Waals surface area contributed by atoms with E-state index < -0.39 is 4.92 Å². The first-order valence-electron chi connectivity index (χ1n) is 8.36. The van der Waals surface area contributed by atoms with Gasteiger partial charge in [-0.15, -0.1) is 11.8 Å². The van der Waals surface area contributed by atoms with Gasteiger partial charge in [-0.05, 0) is 30.3 Å². The van der Waals surface area contributed by atoms with E-state index in [4.69, 9.17) is 0 Å². The third kappa shape index (κ3) is 4.98. The van der Waals surface area contributed by atoms with Gasteiger partial charge in [0.2, 0.25) is 5.91 Å². The van der Waals surface area contributed by atoms with Gasteiger partial charge in [0.25, 0.3) is 11.6 Å².